The summed E-state index contributed by atoms with van der Waals surface area (Å²) in [6, 6.07) is 0. The van der Waals surface area contributed by atoms with E-state index in [1.54, 1.807) is 6.92 Å². The smallest absolute Gasteiger partial charge is 0.449 e. The van der Waals surface area contributed by atoms with Crippen molar-refractivity contribution < 1.29 is 46.4 Å². The molecule has 1 fully saturated rings. The average Bonchev–Trinajstić information content (AvgIpc) is 2.52. The van der Waals surface area contributed by atoms with Gasteiger partial charge in [-0.15, -0.1) is 0 Å². The normalized spacial score (nSPS) is 36.2. The zero-order valence-electron chi connectivity index (χ0n) is 12.1. The van der Waals surface area contributed by atoms with Crippen LogP contribution in [0.3, 0.4) is 0 Å². The van der Waals surface area contributed by atoms with Gasteiger partial charge in [0.05, 0.1) is 5.92 Å². The van der Waals surface area contributed by atoms with Crippen LogP contribution in [-0.4, -0.2) is 52.4 Å². The summed E-state index contributed by atoms with van der Waals surface area (Å²) in [4.78, 5) is 11.4. The predicted octanol–water partition coefficient (Wildman–Crippen LogP) is 1.61. The van der Waals surface area contributed by atoms with Crippen LogP contribution in [0.2, 0.25) is 0 Å². The fourth-order valence-corrected chi connectivity index (χ4v) is 1.85. The van der Waals surface area contributed by atoms with E-state index >= 15 is 0 Å². The molecule has 4 unspecified atom stereocenters. The van der Waals surface area contributed by atoms with E-state index in [0.29, 0.717) is 13.3 Å². The average molecular weight is 336 g/mol. The summed E-state index contributed by atoms with van der Waals surface area (Å²) in [7, 11) is 0. The highest BCUT2D eigenvalue weighted by molar-refractivity contribution is 5.71. The van der Waals surface area contributed by atoms with Gasteiger partial charge in [-0.05, 0) is 13.3 Å². The number of hydrogen-bond donors (Lipinski definition) is 2. The third kappa shape index (κ3) is 2.67. The monoisotopic (exact) mass is 336 g/mol. The first-order valence-electron chi connectivity index (χ1n) is 6.46. The molecule has 0 amide bonds. The van der Waals surface area contributed by atoms with Crippen molar-refractivity contribution in [2.24, 2.45) is 5.92 Å². The van der Waals surface area contributed by atoms with Gasteiger partial charge in [0.2, 0.25) is 0 Å². The van der Waals surface area contributed by atoms with Gasteiger partial charge in [0.25, 0.3) is 0 Å². The van der Waals surface area contributed by atoms with E-state index in [1.165, 1.54) is 6.92 Å². The molecule has 0 aromatic carbocycles. The van der Waals surface area contributed by atoms with Gasteiger partial charge in [-0.2, -0.15) is 22.0 Å². The lowest BCUT2D eigenvalue weighted by Crippen LogP contribution is -2.62. The Balaban J connectivity index is 2.98. The molecule has 2 N–H and O–H groups in total. The molecule has 0 radical (unpaired) electrons. The topological polar surface area (TPSA) is 76.0 Å². The zero-order valence-corrected chi connectivity index (χ0v) is 12.1. The highest BCUT2D eigenvalue weighted by atomic mass is 19.4. The van der Waals surface area contributed by atoms with Crippen LogP contribution in [-0.2, 0) is 14.3 Å². The first kappa shape index (κ1) is 19.0. The lowest BCUT2D eigenvalue weighted by molar-refractivity contribution is -0.412. The Morgan fingerprint density at radius 1 is 1.36 bits per heavy atom. The predicted molar refractivity (Wildman–Crippen MR) is 61.9 cm³/mol. The molecule has 0 aromatic rings. The molecule has 1 rings (SSSR count). The Morgan fingerprint density at radius 3 is 2.23 bits per heavy atom. The van der Waals surface area contributed by atoms with Crippen molar-refractivity contribution in [2.45, 2.75) is 56.8 Å². The Bertz CT molecular complexity index is 436. The molecule has 0 aromatic heterocycles. The van der Waals surface area contributed by atoms with Crippen LogP contribution in [0, 0.1) is 5.92 Å². The number of aliphatic hydroxyl groups is 2. The molecular weight excluding hydrogens is 319 g/mol. The molecule has 1 aliphatic heterocycles. The molecule has 0 bridgehead atoms. The van der Waals surface area contributed by atoms with E-state index in [2.05, 4.69) is 9.47 Å². The van der Waals surface area contributed by atoms with Crippen molar-refractivity contribution in [1.29, 1.82) is 0 Å². The second-order valence-corrected chi connectivity index (χ2v) is 5.41. The molecule has 5 nitrogen and oxygen atoms in total. The molecule has 22 heavy (non-hydrogen) atoms. The van der Waals surface area contributed by atoms with Crippen molar-refractivity contribution in [1.82, 2.24) is 0 Å². The van der Waals surface area contributed by atoms with E-state index in [0.717, 1.165) is 0 Å². The number of alkyl halides is 5. The zero-order chi connectivity index (χ0) is 17.6. The van der Waals surface area contributed by atoms with Crippen LogP contribution < -0.4 is 0 Å². The van der Waals surface area contributed by atoms with Crippen molar-refractivity contribution in [3.8, 4) is 0 Å². The van der Waals surface area contributed by atoms with Gasteiger partial charge in [-0.3, -0.25) is 4.79 Å². The van der Waals surface area contributed by atoms with Gasteiger partial charge in [0.1, 0.15) is 12.7 Å². The van der Waals surface area contributed by atoms with Crippen LogP contribution in [0.5, 0.6) is 0 Å². The first-order chi connectivity index (χ1) is 9.72. The second kappa shape index (κ2) is 5.57. The van der Waals surface area contributed by atoms with Gasteiger partial charge >= 0.3 is 23.9 Å². The van der Waals surface area contributed by atoms with Gasteiger partial charge in [0.15, 0.2) is 5.60 Å². The van der Waals surface area contributed by atoms with Gasteiger partial charge < -0.3 is 19.7 Å². The van der Waals surface area contributed by atoms with Crippen molar-refractivity contribution in [3.63, 3.8) is 0 Å². The number of rotatable bonds is 4. The highest BCUT2D eigenvalue weighted by Crippen LogP contribution is 2.55. The minimum atomic E-state index is -5.85. The fourth-order valence-electron chi connectivity index (χ4n) is 1.85. The molecule has 1 heterocycles. The molecule has 130 valence electrons. The summed E-state index contributed by atoms with van der Waals surface area (Å²) in [6.07, 6.45) is -7.73. The molecule has 1 aliphatic rings. The van der Waals surface area contributed by atoms with Crippen LogP contribution in [0.1, 0.15) is 27.2 Å². The van der Waals surface area contributed by atoms with E-state index in [9.17, 15) is 37.0 Å². The first-order valence-corrected chi connectivity index (χ1v) is 6.46. The molecular formula is C12H17F5O5. The largest absolute Gasteiger partial charge is 0.463 e. The molecule has 1 saturated heterocycles. The van der Waals surface area contributed by atoms with Crippen LogP contribution >= 0.6 is 0 Å². The maximum atomic E-state index is 13.8. The van der Waals surface area contributed by atoms with Crippen molar-refractivity contribution in [2.75, 3.05) is 6.61 Å². The maximum absolute atomic E-state index is 13.8. The fraction of sp³-hybridized carbons (Fsp3) is 0.917. The standard InChI is InChI=1S/C12H17F5O5/c1-4-6(2)8(18)21-5-7-9(3,19)10(13,14)11(20,22-7)12(15,16)17/h6-7,19-20H,4-5H2,1-3H3. The molecule has 10 heteroatoms. The van der Waals surface area contributed by atoms with Crippen LogP contribution in [0.25, 0.3) is 0 Å². The highest BCUT2D eigenvalue weighted by Gasteiger charge is 2.83. The Hall–Kier alpha value is -1.00. The number of esters is 1. The minimum absolute atomic E-state index is 0.364. The van der Waals surface area contributed by atoms with Gasteiger partial charge in [-0.1, -0.05) is 13.8 Å². The lowest BCUT2D eigenvalue weighted by atomic mass is 9.90. The number of halogens is 5. The van der Waals surface area contributed by atoms with E-state index in [-0.39, 0.29) is 0 Å². The summed E-state index contributed by atoms with van der Waals surface area (Å²) < 4.78 is 74.1. The number of carbonyl (C=O) groups excluding carboxylic acids is 1. The van der Waals surface area contributed by atoms with Gasteiger partial charge in [0, 0.05) is 0 Å². The minimum Gasteiger partial charge on any atom is -0.463 e. The van der Waals surface area contributed by atoms with Crippen molar-refractivity contribution in [3.05, 3.63) is 0 Å². The van der Waals surface area contributed by atoms with E-state index in [4.69, 9.17) is 0 Å². The van der Waals surface area contributed by atoms with Crippen LogP contribution in [0.15, 0.2) is 0 Å². The molecule has 4 atom stereocenters. The van der Waals surface area contributed by atoms with Crippen LogP contribution in [0.4, 0.5) is 22.0 Å². The number of carbonyl (C=O) groups is 1. The van der Waals surface area contributed by atoms with E-state index in [1.807, 2.05) is 0 Å². The Labute approximate surface area is 123 Å². The summed E-state index contributed by atoms with van der Waals surface area (Å²) in [5.41, 5.74) is -3.38. The lowest BCUT2D eigenvalue weighted by Gasteiger charge is -2.33. The summed E-state index contributed by atoms with van der Waals surface area (Å²) in [5.74, 6) is -11.4. The Morgan fingerprint density at radius 2 is 1.86 bits per heavy atom. The quantitative estimate of drug-likeness (QED) is 0.603. The second-order valence-electron chi connectivity index (χ2n) is 5.41. The number of ether oxygens (including phenoxy) is 2. The SMILES string of the molecule is CCC(C)C(=O)OCC1OC(O)(C(F)(F)F)C(F)(F)C1(C)O. The van der Waals surface area contributed by atoms with E-state index < -0.39 is 48.1 Å². The van der Waals surface area contributed by atoms with Gasteiger partial charge in [-0.25, -0.2) is 0 Å². The summed E-state index contributed by atoms with van der Waals surface area (Å²) >= 11 is 0. The third-order valence-corrected chi connectivity index (χ3v) is 3.78. The molecule has 0 aliphatic carbocycles. The van der Waals surface area contributed by atoms with Crippen molar-refractivity contribution >= 4 is 5.97 Å². The summed E-state index contributed by atoms with van der Waals surface area (Å²) in [5, 5.41) is 18.8. The number of hydrogen-bond acceptors (Lipinski definition) is 5. The summed E-state index contributed by atoms with van der Waals surface area (Å²) in [6.45, 7) is 2.43. The Kier molecular flexibility index (Phi) is 4.82. The molecule has 0 saturated carbocycles. The molecule has 0 spiro atoms. The maximum Gasteiger partial charge on any atom is 0.449 e. The third-order valence-electron chi connectivity index (χ3n) is 3.78.